The number of fused-ring (bicyclic) bond motifs is 1. The quantitative estimate of drug-likeness (QED) is 0.716. The molecule has 0 aliphatic heterocycles. The fourth-order valence-electron chi connectivity index (χ4n) is 2.22. The van der Waals surface area contributed by atoms with E-state index < -0.39 is 0 Å². The highest BCUT2D eigenvalue weighted by atomic mass is 16.5. The molecule has 0 saturated carbocycles. The molecule has 108 valence electrons. The van der Waals surface area contributed by atoms with Crippen LogP contribution in [0.4, 0.5) is 0 Å². The number of hydrogen-bond acceptors (Lipinski definition) is 3. The molecule has 0 saturated heterocycles. The number of nitrogens with one attached hydrogen (secondary N) is 1. The fraction of sp³-hybridized carbons (Fsp3) is 0.294. The van der Waals surface area contributed by atoms with Crippen LogP contribution >= 0.6 is 0 Å². The highest BCUT2D eigenvalue weighted by Gasteiger charge is 2.07. The van der Waals surface area contributed by atoms with E-state index in [1.807, 2.05) is 30.3 Å². The van der Waals surface area contributed by atoms with E-state index in [2.05, 4.69) is 28.8 Å². The van der Waals surface area contributed by atoms with Crippen LogP contribution in [0.3, 0.4) is 0 Å². The highest BCUT2D eigenvalue weighted by Crippen LogP contribution is 2.23. The van der Waals surface area contributed by atoms with E-state index in [0.29, 0.717) is 0 Å². The smallest absolute Gasteiger partial charge is 0.178 e. The van der Waals surface area contributed by atoms with Crippen molar-refractivity contribution in [1.82, 2.24) is 15.0 Å². The van der Waals surface area contributed by atoms with Crippen LogP contribution in [0.2, 0.25) is 0 Å². The van der Waals surface area contributed by atoms with Gasteiger partial charge in [-0.15, -0.1) is 0 Å². The minimum atomic E-state index is 0.758. The topological polar surface area (TPSA) is 50.8 Å². The zero-order valence-corrected chi connectivity index (χ0v) is 12.4. The number of rotatable bonds is 5. The van der Waals surface area contributed by atoms with Crippen LogP contribution in [-0.4, -0.2) is 21.6 Å². The minimum Gasteiger partial charge on any atom is -0.494 e. The van der Waals surface area contributed by atoms with Gasteiger partial charge in [0.2, 0.25) is 0 Å². The third kappa shape index (κ3) is 2.89. The Morgan fingerprint density at radius 3 is 2.67 bits per heavy atom. The van der Waals surface area contributed by atoms with E-state index in [0.717, 1.165) is 53.3 Å². The van der Waals surface area contributed by atoms with Gasteiger partial charge >= 0.3 is 0 Å². The molecular weight excluding hydrogens is 262 g/mol. The number of aromatic amines is 1. The molecule has 2 heterocycles. The lowest BCUT2D eigenvalue weighted by Gasteiger charge is -2.05. The van der Waals surface area contributed by atoms with E-state index >= 15 is 0 Å². The third-order valence-corrected chi connectivity index (χ3v) is 3.49. The Bertz CT molecular complexity index is 731. The van der Waals surface area contributed by atoms with Crippen LogP contribution in [0.1, 0.15) is 25.3 Å². The molecule has 0 atom stereocenters. The number of imidazole rings is 1. The summed E-state index contributed by atoms with van der Waals surface area (Å²) >= 11 is 0. The van der Waals surface area contributed by atoms with Gasteiger partial charge in [0.05, 0.1) is 12.1 Å². The summed E-state index contributed by atoms with van der Waals surface area (Å²) in [5.74, 6) is 1.74. The summed E-state index contributed by atoms with van der Waals surface area (Å²) in [7, 11) is 0. The van der Waals surface area contributed by atoms with Gasteiger partial charge in [0.25, 0.3) is 0 Å². The number of aromatic nitrogens is 3. The standard InChI is InChI=1S/C17H19N3O/c1-3-4-11-21-14-7-5-13(6-8-14)16-19-15-12(2)9-10-18-17(15)20-16/h5-10H,3-4,11H2,1-2H3,(H,18,19,20). The lowest BCUT2D eigenvalue weighted by molar-refractivity contribution is 0.309. The predicted molar refractivity (Wildman–Crippen MR) is 84.5 cm³/mol. The van der Waals surface area contributed by atoms with E-state index in [-0.39, 0.29) is 0 Å². The zero-order valence-electron chi connectivity index (χ0n) is 12.4. The SMILES string of the molecule is CCCCOc1ccc(-c2nc3nccc(C)c3[nH]2)cc1. The van der Waals surface area contributed by atoms with Gasteiger partial charge in [-0.3, -0.25) is 0 Å². The van der Waals surface area contributed by atoms with Crippen LogP contribution < -0.4 is 4.74 Å². The van der Waals surface area contributed by atoms with Crippen LogP contribution in [0.5, 0.6) is 5.75 Å². The summed E-state index contributed by atoms with van der Waals surface area (Å²) in [5.41, 5.74) is 3.94. The second-order valence-electron chi connectivity index (χ2n) is 5.14. The normalized spacial score (nSPS) is 11.0. The average molecular weight is 281 g/mol. The molecule has 0 bridgehead atoms. The Morgan fingerprint density at radius 2 is 1.95 bits per heavy atom. The molecule has 1 aromatic carbocycles. The molecule has 4 nitrogen and oxygen atoms in total. The van der Waals surface area contributed by atoms with Crippen molar-refractivity contribution >= 4 is 11.2 Å². The maximum Gasteiger partial charge on any atom is 0.178 e. The summed E-state index contributed by atoms with van der Waals surface area (Å²) in [4.78, 5) is 12.2. The first-order valence-corrected chi connectivity index (χ1v) is 7.32. The lowest BCUT2D eigenvalue weighted by Crippen LogP contribution is -1.96. The Kier molecular flexibility index (Phi) is 3.86. The Hall–Kier alpha value is -2.36. The van der Waals surface area contributed by atoms with Gasteiger partial charge in [0.15, 0.2) is 5.65 Å². The highest BCUT2D eigenvalue weighted by molar-refractivity contribution is 5.78. The molecule has 0 amide bonds. The molecule has 3 aromatic rings. The van der Waals surface area contributed by atoms with Gasteiger partial charge in [-0.25, -0.2) is 9.97 Å². The number of ether oxygens (including phenoxy) is 1. The van der Waals surface area contributed by atoms with Crippen molar-refractivity contribution in [2.24, 2.45) is 0 Å². The summed E-state index contributed by atoms with van der Waals surface area (Å²) < 4.78 is 5.67. The molecule has 3 rings (SSSR count). The Labute approximate surface area is 124 Å². The molecule has 0 spiro atoms. The first-order valence-electron chi connectivity index (χ1n) is 7.32. The van der Waals surface area contributed by atoms with Crippen molar-refractivity contribution in [3.63, 3.8) is 0 Å². The third-order valence-electron chi connectivity index (χ3n) is 3.49. The van der Waals surface area contributed by atoms with Crippen molar-refractivity contribution in [3.05, 3.63) is 42.1 Å². The minimum absolute atomic E-state index is 0.758. The van der Waals surface area contributed by atoms with Gasteiger partial charge in [0.1, 0.15) is 11.6 Å². The largest absolute Gasteiger partial charge is 0.494 e. The molecule has 21 heavy (non-hydrogen) atoms. The van der Waals surface area contributed by atoms with Gasteiger partial charge in [-0.2, -0.15) is 0 Å². The first-order chi connectivity index (χ1) is 10.3. The van der Waals surface area contributed by atoms with Crippen molar-refractivity contribution in [1.29, 1.82) is 0 Å². The van der Waals surface area contributed by atoms with Crippen molar-refractivity contribution in [2.75, 3.05) is 6.61 Å². The number of aryl methyl sites for hydroxylation is 1. The van der Waals surface area contributed by atoms with E-state index in [1.54, 1.807) is 6.20 Å². The second-order valence-corrected chi connectivity index (χ2v) is 5.14. The Morgan fingerprint density at radius 1 is 1.14 bits per heavy atom. The molecule has 1 N–H and O–H groups in total. The molecule has 4 heteroatoms. The zero-order chi connectivity index (χ0) is 14.7. The monoisotopic (exact) mass is 281 g/mol. The fourth-order valence-corrected chi connectivity index (χ4v) is 2.22. The number of pyridine rings is 1. The number of unbranched alkanes of at least 4 members (excludes halogenated alkanes) is 1. The molecule has 0 aliphatic rings. The van der Waals surface area contributed by atoms with Crippen LogP contribution in [0, 0.1) is 6.92 Å². The number of H-pyrrole nitrogens is 1. The Balaban J connectivity index is 1.83. The molecule has 0 fully saturated rings. The van der Waals surface area contributed by atoms with Crippen molar-refractivity contribution in [3.8, 4) is 17.1 Å². The summed E-state index contributed by atoms with van der Waals surface area (Å²) in [6, 6.07) is 9.99. The first kappa shape index (κ1) is 13.6. The van der Waals surface area contributed by atoms with Crippen molar-refractivity contribution in [2.45, 2.75) is 26.7 Å². The van der Waals surface area contributed by atoms with Gasteiger partial charge < -0.3 is 9.72 Å². The van der Waals surface area contributed by atoms with Gasteiger partial charge in [0, 0.05) is 11.8 Å². The second kappa shape index (κ2) is 5.95. The molecular formula is C17H19N3O. The molecule has 0 radical (unpaired) electrons. The molecule has 0 unspecified atom stereocenters. The molecule has 2 aromatic heterocycles. The van der Waals surface area contributed by atoms with Crippen LogP contribution in [0.25, 0.3) is 22.6 Å². The maximum atomic E-state index is 5.67. The number of hydrogen-bond donors (Lipinski definition) is 1. The predicted octanol–water partition coefficient (Wildman–Crippen LogP) is 4.11. The van der Waals surface area contributed by atoms with E-state index in [4.69, 9.17) is 4.74 Å². The number of benzene rings is 1. The molecule has 0 aliphatic carbocycles. The summed E-state index contributed by atoms with van der Waals surface area (Å²) in [6.45, 7) is 4.98. The van der Waals surface area contributed by atoms with Gasteiger partial charge in [-0.1, -0.05) is 13.3 Å². The number of nitrogens with zero attached hydrogens (tertiary/aromatic N) is 2. The van der Waals surface area contributed by atoms with Crippen LogP contribution in [-0.2, 0) is 0 Å². The van der Waals surface area contributed by atoms with Crippen LogP contribution in [0.15, 0.2) is 36.5 Å². The van der Waals surface area contributed by atoms with E-state index in [9.17, 15) is 0 Å². The summed E-state index contributed by atoms with van der Waals surface area (Å²) in [6.07, 6.45) is 4.01. The average Bonchev–Trinajstić information content (AvgIpc) is 2.94. The maximum absolute atomic E-state index is 5.67. The lowest BCUT2D eigenvalue weighted by atomic mass is 10.2. The van der Waals surface area contributed by atoms with Crippen molar-refractivity contribution < 1.29 is 4.74 Å². The summed E-state index contributed by atoms with van der Waals surface area (Å²) in [5, 5.41) is 0. The van der Waals surface area contributed by atoms with E-state index in [1.165, 1.54) is 0 Å². The van der Waals surface area contributed by atoms with Gasteiger partial charge in [-0.05, 0) is 49.2 Å².